The third-order valence-corrected chi connectivity index (χ3v) is 7.17. The number of pyridine rings is 1. The standard InChI is InChI=1S/C24H26ClN5O3S/c1-14(2)16-6-4-5-7-18(16)24(12-30(13-24)23-28-15(10-31)11-34-23)22(33)29-19-9-27-20(25)8-17(19)21(32)26-3/h4-9,11,14,31H,10,12-13H2,1-3H3,(H,26,32)(H,29,33). The highest BCUT2D eigenvalue weighted by molar-refractivity contribution is 7.13. The van der Waals surface area contributed by atoms with E-state index in [0.29, 0.717) is 24.5 Å². The van der Waals surface area contributed by atoms with Gasteiger partial charge in [-0.25, -0.2) is 9.97 Å². The molecule has 1 aromatic carbocycles. The molecule has 0 unspecified atom stereocenters. The van der Waals surface area contributed by atoms with E-state index in [9.17, 15) is 14.7 Å². The lowest BCUT2D eigenvalue weighted by molar-refractivity contribution is -0.122. The lowest BCUT2D eigenvalue weighted by Gasteiger charge is -2.50. The number of rotatable bonds is 7. The molecule has 0 radical (unpaired) electrons. The summed E-state index contributed by atoms with van der Waals surface area (Å²) in [5.41, 5.74) is 2.32. The lowest BCUT2D eigenvalue weighted by atomic mass is 9.70. The van der Waals surface area contributed by atoms with Crippen molar-refractivity contribution in [3.63, 3.8) is 0 Å². The second-order valence-corrected chi connectivity index (χ2v) is 9.77. The number of nitrogens with zero attached hydrogens (tertiary/aromatic N) is 3. The second-order valence-electron chi connectivity index (χ2n) is 8.55. The highest BCUT2D eigenvalue weighted by Crippen LogP contribution is 2.42. The van der Waals surface area contributed by atoms with E-state index in [0.717, 1.165) is 16.3 Å². The maximum atomic E-state index is 13.9. The number of carbonyl (C=O) groups excluding carboxylic acids is 2. The zero-order chi connectivity index (χ0) is 24.5. The van der Waals surface area contributed by atoms with Gasteiger partial charge in [0.05, 0.1) is 29.7 Å². The number of nitrogens with one attached hydrogen (secondary N) is 2. The summed E-state index contributed by atoms with van der Waals surface area (Å²) in [6, 6.07) is 9.38. The van der Waals surface area contributed by atoms with Gasteiger partial charge in [-0.15, -0.1) is 11.3 Å². The fourth-order valence-electron chi connectivity index (χ4n) is 4.22. The van der Waals surface area contributed by atoms with Crippen LogP contribution >= 0.6 is 22.9 Å². The highest BCUT2D eigenvalue weighted by atomic mass is 35.5. The molecule has 1 fully saturated rings. The largest absolute Gasteiger partial charge is 0.390 e. The molecule has 3 aromatic rings. The Labute approximate surface area is 207 Å². The van der Waals surface area contributed by atoms with Gasteiger partial charge < -0.3 is 20.6 Å². The predicted octanol–water partition coefficient (Wildman–Crippen LogP) is 3.56. The Bertz CT molecular complexity index is 1220. The van der Waals surface area contributed by atoms with Gasteiger partial charge in [0.2, 0.25) is 5.91 Å². The van der Waals surface area contributed by atoms with Gasteiger partial charge in [0, 0.05) is 25.5 Å². The topological polar surface area (TPSA) is 107 Å². The van der Waals surface area contributed by atoms with Crippen LogP contribution in [0.4, 0.5) is 10.8 Å². The zero-order valence-electron chi connectivity index (χ0n) is 19.1. The van der Waals surface area contributed by atoms with Crippen LogP contribution in [0.1, 0.15) is 46.9 Å². The van der Waals surface area contributed by atoms with Crippen molar-refractivity contribution in [2.24, 2.45) is 0 Å². The number of amides is 2. The number of anilines is 2. The van der Waals surface area contributed by atoms with E-state index in [4.69, 9.17) is 11.6 Å². The molecule has 1 saturated heterocycles. The van der Waals surface area contributed by atoms with Crippen molar-refractivity contribution in [2.75, 3.05) is 30.4 Å². The van der Waals surface area contributed by atoms with Gasteiger partial charge in [-0.05, 0) is 23.1 Å². The number of thiazole rings is 1. The molecular formula is C24H26ClN5O3S. The first kappa shape index (κ1) is 24.1. The summed E-state index contributed by atoms with van der Waals surface area (Å²) in [4.78, 5) is 36.8. The van der Waals surface area contributed by atoms with E-state index < -0.39 is 5.41 Å². The molecule has 2 amide bonds. The van der Waals surface area contributed by atoms with Crippen molar-refractivity contribution in [3.05, 3.63) is 69.4 Å². The first-order chi connectivity index (χ1) is 16.3. The number of halogens is 1. The molecule has 10 heteroatoms. The normalized spacial score (nSPS) is 14.6. The minimum Gasteiger partial charge on any atom is -0.390 e. The van der Waals surface area contributed by atoms with Crippen LogP contribution in [0.3, 0.4) is 0 Å². The molecule has 1 aliphatic heterocycles. The Morgan fingerprint density at radius 1 is 1.29 bits per heavy atom. The maximum absolute atomic E-state index is 13.9. The molecule has 0 atom stereocenters. The third-order valence-electron chi connectivity index (χ3n) is 6.02. The number of aromatic nitrogens is 2. The van der Waals surface area contributed by atoms with Crippen molar-refractivity contribution < 1.29 is 14.7 Å². The van der Waals surface area contributed by atoms with Crippen LogP contribution in [-0.4, -0.2) is 47.0 Å². The van der Waals surface area contributed by atoms with Gasteiger partial charge >= 0.3 is 0 Å². The molecule has 3 heterocycles. The number of aliphatic hydroxyl groups is 1. The second kappa shape index (κ2) is 9.69. The van der Waals surface area contributed by atoms with Crippen molar-refractivity contribution in [1.82, 2.24) is 15.3 Å². The van der Waals surface area contributed by atoms with E-state index in [1.54, 1.807) is 0 Å². The molecule has 178 valence electrons. The smallest absolute Gasteiger partial charge is 0.253 e. The SMILES string of the molecule is CNC(=O)c1cc(Cl)ncc1NC(=O)C1(c2ccccc2C(C)C)CN(c2nc(CO)cs2)C1. The summed E-state index contributed by atoms with van der Waals surface area (Å²) >= 11 is 7.44. The Morgan fingerprint density at radius 3 is 2.68 bits per heavy atom. The fourth-order valence-corrected chi connectivity index (χ4v) is 5.20. The van der Waals surface area contributed by atoms with Crippen LogP contribution in [0.2, 0.25) is 5.15 Å². The average molecular weight is 500 g/mol. The number of carbonyl (C=O) groups is 2. The van der Waals surface area contributed by atoms with Gasteiger partial charge in [0.15, 0.2) is 5.13 Å². The Balaban J connectivity index is 1.72. The molecule has 2 aromatic heterocycles. The van der Waals surface area contributed by atoms with Gasteiger partial charge in [0.25, 0.3) is 5.91 Å². The molecule has 3 N–H and O–H groups in total. The molecule has 8 nitrogen and oxygen atoms in total. The van der Waals surface area contributed by atoms with Crippen molar-refractivity contribution in [1.29, 1.82) is 0 Å². The van der Waals surface area contributed by atoms with Crippen LogP contribution in [0.5, 0.6) is 0 Å². The van der Waals surface area contributed by atoms with E-state index >= 15 is 0 Å². The summed E-state index contributed by atoms with van der Waals surface area (Å²) in [5, 5.41) is 17.6. The van der Waals surface area contributed by atoms with Crippen molar-refractivity contribution >= 4 is 45.6 Å². The minimum absolute atomic E-state index is 0.127. The van der Waals surface area contributed by atoms with Gasteiger partial charge in [-0.2, -0.15) is 0 Å². The molecule has 0 spiro atoms. The molecule has 0 aliphatic carbocycles. The van der Waals surface area contributed by atoms with Crippen LogP contribution in [0.25, 0.3) is 0 Å². The molecule has 1 aliphatic rings. The van der Waals surface area contributed by atoms with Crippen molar-refractivity contribution in [3.8, 4) is 0 Å². The molecular weight excluding hydrogens is 474 g/mol. The average Bonchev–Trinajstić information content (AvgIpc) is 3.28. The number of hydrogen-bond acceptors (Lipinski definition) is 7. The first-order valence-corrected chi connectivity index (χ1v) is 12.1. The number of benzene rings is 1. The summed E-state index contributed by atoms with van der Waals surface area (Å²) in [5.74, 6) is -0.384. The summed E-state index contributed by atoms with van der Waals surface area (Å²) in [6.07, 6.45) is 1.40. The number of aliphatic hydroxyl groups excluding tert-OH is 1. The third kappa shape index (κ3) is 4.38. The van der Waals surface area contributed by atoms with E-state index in [1.165, 1.54) is 30.6 Å². The monoisotopic (exact) mass is 499 g/mol. The first-order valence-electron chi connectivity index (χ1n) is 10.9. The molecule has 34 heavy (non-hydrogen) atoms. The van der Waals surface area contributed by atoms with E-state index in [-0.39, 0.29) is 35.1 Å². The highest BCUT2D eigenvalue weighted by Gasteiger charge is 2.52. The van der Waals surface area contributed by atoms with E-state index in [2.05, 4.69) is 34.4 Å². The molecule has 0 bridgehead atoms. The Kier molecular flexibility index (Phi) is 6.88. The minimum atomic E-state index is -0.856. The molecule has 4 rings (SSSR count). The zero-order valence-corrected chi connectivity index (χ0v) is 20.7. The predicted molar refractivity (Wildman–Crippen MR) is 134 cm³/mol. The van der Waals surface area contributed by atoms with Crippen LogP contribution < -0.4 is 15.5 Å². The van der Waals surface area contributed by atoms with Crippen LogP contribution in [0, 0.1) is 0 Å². The Hall–Kier alpha value is -3.01. The van der Waals surface area contributed by atoms with Crippen molar-refractivity contribution in [2.45, 2.75) is 31.8 Å². The lowest BCUT2D eigenvalue weighted by Crippen LogP contribution is -2.65. The van der Waals surface area contributed by atoms with Gasteiger partial charge in [-0.1, -0.05) is 49.7 Å². The summed E-state index contributed by atoms with van der Waals surface area (Å²) in [6.45, 7) is 4.90. The molecule has 0 saturated carbocycles. The van der Waals surface area contributed by atoms with E-state index in [1.807, 2.05) is 34.5 Å². The number of hydrogen-bond donors (Lipinski definition) is 3. The Morgan fingerprint density at radius 2 is 2.03 bits per heavy atom. The van der Waals surface area contributed by atoms with Crippen LogP contribution in [0.15, 0.2) is 41.9 Å². The maximum Gasteiger partial charge on any atom is 0.253 e. The fraction of sp³-hybridized carbons (Fsp3) is 0.333. The van der Waals surface area contributed by atoms with Crippen LogP contribution in [-0.2, 0) is 16.8 Å². The summed E-state index contributed by atoms with van der Waals surface area (Å²) in [7, 11) is 1.51. The summed E-state index contributed by atoms with van der Waals surface area (Å²) < 4.78 is 0. The van der Waals surface area contributed by atoms with Gasteiger partial charge in [-0.3, -0.25) is 9.59 Å². The quantitative estimate of drug-likeness (QED) is 0.429. The van der Waals surface area contributed by atoms with Gasteiger partial charge in [0.1, 0.15) is 10.6 Å².